The number of fused-ring (bicyclic) bond motifs is 2. The van der Waals surface area contributed by atoms with E-state index in [9.17, 15) is 9.18 Å². The molecule has 0 saturated heterocycles. The fraction of sp³-hybridized carbons (Fsp3) is 0.412. The number of nitrogens with zero attached hydrogens (tertiary/aromatic N) is 3. The number of likely N-dealkylation sites (N-methyl/N-ethyl adjacent to an activating group) is 1. The number of aryl methyl sites for hydroxylation is 1. The summed E-state index contributed by atoms with van der Waals surface area (Å²) >= 11 is 0. The highest BCUT2D eigenvalue weighted by molar-refractivity contribution is 5.98. The van der Waals surface area contributed by atoms with Crippen molar-refractivity contribution in [1.82, 2.24) is 9.78 Å². The van der Waals surface area contributed by atoms with Gasteiger partial charge in [0.2, 0.25) is 0 Å². The van der Waals surface area contributed by atoms with Crippen molar-refractivity contribution in [2.45, 2.75) is 32.7 Å². The average Bonchev–Trinajstić information content (AvgIpc) is 2.88. The Hall–Kier alpha value is -2.37. The zero-order chi connectivity index (χ0) is 16.1. The number of carbonyl (C=O) groups excluding carboxylic acids is 1. The summed E-state index contributed by atoms with van der Waals surface area (Å²) in [6.07, 6.45) is 3.22. The summed E-state index contributed by atoms with van der Waals surface area (Å²) in [5.74, 6) is -0.115. The van der Waals surface area contributed by atoms with Gasteiger partial charge in [0.25, 0.3) is 5.91 Å². The predicted octanol–water partition coefficient (Wildman–Crippen LogP) is 2.69. The molecule has 23 heavy (non-hydrogen) atoms. The summed E-state index contributed by atoms with van der Waals surface area (Å²) in [6, 6.07) is 3.02. The maximum absolute atomic E-state index is 14.6. The van der Waals surface area contributed by atoms with Gasteiger partial charge in [-0.15, -0.1) is 0 Å². The minimum Gasteiger partial charge on any atom is -0.481 e. The van der Waals surface area contributed by atoms with Crippen LogP contribution in [-0.4, -0.2) is 29.3 Å². The lowest BCUT2D eigenvalue weighted by atomic mass is 10.0. The van der Waals surface area contributed by atoms with Crippen LogP contribution in [0, 0.1) is 12.7 Å². The number of anilines is 1. The number of halogens is 1. The second-order valence-corrected chi connectivity index (χ2v) is 6.14. The monoisotopic (exact) mass is 315 g/mol. The maximum atomic E-state index is 14.6. The Bertz CT molecular complexity index is 813. The third-order valence-electron chi connectivity index (χ3n) is 4.74. The lowest BCUT2D eigenvalue weighted by Crippen LogP contribution is -2.35. The SMILES string of the molecule is Cc1c(-c2cc3c(cc2F)OCC(=O)N3C)nn2c1CCCC2. The molecule has 6 heteroatoms. The molecule has 1 aromatic heterocycles. The number of hydrogen-bond acceptors (Lipinski definition) is 3. The smallest absolute Gasteiger partial charge is 0.264 e. The van der Waals surface area contributed by atoms with Crippen LogP contribution in [-0.2, 0) is 17.8 Å². The first-order valence-corrected chi connectivity index (χ1v) is 7.86. The molecule has 1 amide bonds. The fourth-order valence-corrected chi connectivity index (χ4v) is 3.37. The lowest BCUT2D eigenvalue weighted by Gasteiger charge is -2.26. The zero-order valence-corrected chi connectivity index (χ0v) is 13.2. The number of aromatic nitrogens is 2. The van der Waals surface area contributed by atoms with Gasteiger partial charge in [-0.2, -0.15) is 5.10 Å². The van der Waals surface area contributed by atoms with Crippen molar-refractivity contribution in [3.8, 4) is 17.0 Å². The van der Waals surface area contributed by atoms with E-state index >= 15 is 0 Å². The summed E-state index contributed by atoms with van der Waals surface area (Å²) in [6.45, 7) is 2.81. The summed E-state index contributed by atoms with van der Waals surface area (Å²) in [5, 5.41) is 4.61. The summed E-state index contributed by atoms with van der Waals surface area (Å²) in [7, 11) is 1.68. The molecular weight excluding hydrogens is 297 g/mol. The van der Waals surface area contributed by atoms with Gasteiger partial charge in [-0.25, -0.2) is 4.39 Å². The summed E-state index contributed by atoms with van der Waals surface area (Å²) in [4.78, 5) is 13.3. The van der Waals surface area contributed by atoms with Crippen LogP contribution in [0.15, 0.2) is 12.1 Å². The van der Waals surface area contributed by atoms with E-state index in [0.29, 0.717) is 22.7 Å². The molecule has 5 nitrogen and oxygen atoms in total. The molecule has 0 fully saturated rings. The number of benzene rings is 1. The molecular formula is C17H18FN3O2. The molecule has 0 N–H and O–H groups in total. The Kier molecular flexibility index (Phi) is 3.14. The van der Waals surface area contributed by atoms with Gasteiger partial charge in [0.1, 0.15) is 11.6 Å². The van der Waals surface area contributed by atoms with Crippen LogP contribution in [0.4, 0.5) is 10.1 Å². The van der Waals surface area contributed by atoms with E-state index in [4.69, 9.17) is 4.74 Å². The van der Waals surface area contributed by atoms with Crippen LogP contribution < -0.4 is 9.64 Å². The summed E-state index contributed by atoms with van der Waals surface area (Å²) < 4.78 is 21.9. The van der Waals surface area contributed by atoms with Crippen molar-refractivity contribution in [2.24, 2.45) is 0 Å². The van der Waals surface area contributed by atoms with Gasteiger partial charge in [-0.05, 0) is 37.8 Å². The number of carbonyl (C=O) groups is 1. The van der Waals surface area contributed by atoms with E-state index in [0.717, 1.165) is 31.4 Å². The van der Waals surface area contributed by atoms with E-state index in [-0.39, 0.29) is 18.3 Å². The van der Waals surface area contributed by atoms with Gasteiger partial charge in [0.15, 0.2) is 6.61 Å². The first-order chi connectivity index (χ1) is 11.1. The van der Waals surface area contributed by atoms with Crippen LogP contribution in [0.2, 0.25) is 0 Å². The first-order valence-electron chi connectivity index (χ1n) is 7.86. The Labute approximate surface area is 133 Å². The highest BCUT2D eigenvalue weighted by atomic mass is 19.1. The second kappa shape index (κ2) is 5.08. The van der Waals surface area contributed by atoms with Crippen molar-refractivity contribution in [3.05, 3.63) is 29.2 Å². The fourth-order valence-electron chi connectivity index (χ4n) is 3.37. The van der Waals surface area contributed by atoms with E-state index < -0.39 is 0 Å². The molecule has 2 aromatic rings. The van der Waals surface area contributed by atoms with Crippen molar-refractivity contribution in [2.75, 3.05) is 18.6 Å². The molecule has 0 bridgehead atoms. The third-order valence-corrected chi connectivity index (χ3v) is 4.74. The van der Waals surface area contributed by atoms with Crippen LogP contribution in [0.3, 0.4) is 0 Å². The van der Waals surface area contributed by atoms with E-state index in [1.165, 1.54) is 16.7 Å². The van der Waals surface area contributed by atoms with Gasteiger partial charge in [-0.3, -0.25) is 9.48 Å². The summed E-state index contributed by atoms with van der Waals surface area (Å²) in [5.41, 5.74) is 3.88. The van der Waals surface area contributed by atoms with Crippen molar-refractivity contribution in [1.29, 1.82) is 0 Å². The van der Waals surface area contributed by atoms with Crippen molar-refractivity contribution >= 4 is 11.6 Å². The minimum absolute atomic E-state index is 0.0555. The predicted molar refractivity (Wildman–Crippen MR) is 84.2 cm³/mol. The zero-order valence-electron chi connectivity index (χ0n) is 13.2. The molecule has 1 aromatic carbocycles. The second-order valence-electron chi connectivity index (χ2n) is 6.14. The van der Waals surface area contributed by atoms with Gasteiger partial charge in [0, 0.05) is 30.9 Å². The molecule has 3 heterocycles. The van der Waals surface area contributed by atoms with E-state index in [2.05, 4.69) is 5.10 Å². The Morgan fingerprint density at radius 2 is 2.13 bits per heavy atom. The molecule has 0 radical (unpaired) electrons. The lowest BCUT2D eigenvalue weighted by molar-refractivity contribution is -0.120. The topological polar surface area (TPSA) is 47.4 Å². The van der Waals surface area contributed by atoms with Crippen LogP contribution >= 0.6 is 0 Å². The molecule has 0 atom stereocenters. The molecule has 0 aliphatic carbocycles. The van der Waals surface area contributed by atoms with E-state index in [1.807, 2.05) is 11.6 Å². The minimum atomic E-state index is -0.370. The molecule has 0 saturated carbocycles. The van der Waals surface area contributed by atoms with Crippen LogP contribution in [0.25, 0.3) is 11.3 Å². The highest BCUT2D eigenvalue weighted by Gasteiger charge is 2.27. The number of amides is 1. The molecule has 2 aliphatic rings. The third kappa shape index (κ3) is 2.12. The van der Waals surface area contributed by atoms with Gasteiger partial charge >= 0.3 is 0 Å². The molecule has 2 aliphatic heterocycles. The molecule has 0 spiro atoms. The number of rotatable bonds is 1. The van der Waals surface area contributed by atoms with Gasteiger partial charge in [0.05, 0.1) is 11.4 Å². The quantitative estimate of drug-likeness (QED) is 0.813. The number of ether oxygens (including phenoxy) is 1. The van der Waals surface area contributed by atoms with Gasteiger partial charge < -0.3 is 9.64 Å². The molecule has 4 rings (SSSR count). The van der Waals surface area contributed by atoms with E-state index in [1.54, 1.807) is 13.1 Å². The maximum Gasteiger partial charge on any atom is 0.264 e. The Balaban J connectivity index is 1.87. The molecule has 0 unspecified atom stereocenters. The standard InChI is InChI=1S/C17H18FN3O2/c1-10-13-5-3-4-6-21(13)19-17(10)11-7-14-15(8-12(11)18)23-9-16(22)20(14)2/h7-8H,3-6,9H2,1-2H3. The van der Waals surface area contributed by atoms with Gasteiger partial charge in [-0.1, -0.05) is 0 Å². The van der Waals surface area contributed by atoms with Crippen LogP contribution in [0.1, 0.15) is 24.1 Å². The number of hydrogen-bond donors (Lipinski definition) is 0. The van der Waals surface area contributed by atoms with Crippen molar-refractivity contribution in [3.63, 3.8) is 0 Å². The first kappa shape index (κ1) is 14.2. The molecule has 120 valence electrons. The van der Waals surface area contributed by atoms with Crippen LogP contribution in [0.5, 0.6) is 5.75 Å². The largest absolute Gasteiger partial charge is 0.481 e. The average molecular weight is 315 g/mol. The van der Waals surface area contributed by atoms with Crippen molar-refractivity contribution < 1.29 is 13.9 Å². The Morgan fingerprint density at radius 1 is 1.30 bits per heavy atom. The normalized spacial score (nSPS) is 16.8. The Morgan fingerprint density at radius 3 is 2.91 bits per heavy atom. The highest BCUT2D eigenvalue weighted by Crippen LogP contribution is 2.38.